The van der Waals surface area contributed by atoms with Crippen molar-refractivity contribution in [1.29, 1.82) is 0 Å². The van der Waals surface area contributed by atoms with Gasteiger partial charge < -0.3 is 15.7 Å². The quantitative estimate of drug-likeness (QED) is 0.160. The Morgan fingerprint density at radius 3 is 2.00 bits per heavy atom. The summed E-state index contributed by atoms with van der Waals surface area (Å²) in [6.45, 7) is 4.75. The van der Waals surface area contributed by atoms with E-state index < -0.39 is 29.0 Å². The first-order valence-electron chi connectivity index (χ1n) is 11.3. The highest BCUT2D eigenvalue weighted by atomic mass is 16.5. The van der Waals surface area contributed by atoms with Gasteiger partial charge in [-0.2, -0.15) is 0 Å². The molecule has 0 heterocycles. The topological polar surface area (TPSA) is 165 Å². The van der Waals surface area contributed by atoms with Crippen LogP contribution in [0.25, 0.3) is 21.9 Å². The fourth-order valence-corrected chi connectivity index (χ4v) is 4.58. The summed E-state index contributed by atoms with van der Waals surface area (Å²) in [5, 5.41) is 32.3. The van der Waals surface area contributed by atoms with Crippen LogP contribution in [-0.4, -0.2) is 50.4 Å². The van der Waals surface area contributed by atoms with Crippen LogP contribution in [0, 0.1) is 5.92 Å². The van der Waals surface area contributed by atoms with E-state index in [-0.39, 0.29) is 18.0 Å². The van der Waals surface area contributed by atoms with Crippen molar-refractivity contribution in [3.63, 3.8) is 0 Å². The molecule has 36 heavy (non-hydrogen) atoms. The van der Waals surface area contributed by atoms with Crippen molar-refractivity contribution in [3.05, 3.63) is 72.3 Å². The van der Waals surface area contributed by atoms with Crippen molar-refractivity contribution in [2.45, 2.75) is 31.9 Å². The number of hydrogen-bond donors (Lipinski definition) is 6. The SMILES string of the molecule is CC(C)CN(C(N)=O)C(C)(c1ccc(-c2cccc3ccccc23)cc1)C(O)(C(=O)NO)C(=O)NO. The van der Waals surface area contributed by atoms with Gasteiger partial charge in [0.05, 0.1) is 0 Å². The van der Waals surface area contributed by atoms with Crippen molar-refractivity contribution in [3.8, 4) is 11.1 Å². The van der Waals surface area contributed by atoms with Crippen LogP contribution in [0.1, 0.15) is 26.3 Å². The monoisotopic (exact) mass is 494 g/mol. The van der Waals surface area contributed by atoms with E-state index >= 15 is 0 Å². The molecule has 3 rings (SSSR count). The van der Waals surface area contributed by atoms with Crippen molar-refractivity contribution >= 4 is 28.6 Å². The van der Waals surface area contributed by atoms with E-state index in [4.69, 9.17) is 5.73 Å². The molecule has 0 aliphatic heterocycles. The molecule has 0 saturated carbocycles. The van der Waals surface area contributed by atoms with Gasteiger partial charge in [0, 0.05) is 6.54 Å². The van der Waals surface area contributed by atoms with E-state index in [1.807, 2.05) is 42.5 Å². The molecule has 0 spiro atoms. The van der Waals surface area contributed by atoms with Crippen molar-refractivity contribution in [2.24, 2.45) is 11.7 Å². The second kappa shape index (κ2) is 10.3. The van der Waals surface area contributed by atoms with Crippen molar-refractivity contribution in [1.82, 2.24) is 15.9 Å². The predicted molar refractivity (Wildman–Crippen MR) is 133 cm³/mol. The summed E-state index contributed by atoms with van der Waals surface area (Å²) < 4.78 is 0. The molecule has 0 aliphatic rings. The Labute approximate surface area is 208 Å². The van der Waals surface area contributed by atoms with Gasteiger partial charge in [-0.3, -0.25) is 20.0 Å². The number of nitrogens with zero attached hydrogens (tertiary/aromatic N) is 1. The molecule has 10 nitrogen and oxygen atoms in total. The first kappa shape index (κ1) is 26.6. The van der Waals surface area contributed by atoms with Crippen LogP contribution in [0.3, 0.4) is 0 Å². The summed E-state index contributed by atoms with van der Waals surface area (Å²) in [5.41, 5.74) is 4.73. The molecule has 7 N–H and O–H groups in total. The fourth-order valence-electron chi connectivity index (χ4n) is 4.58. The molecule has 10 heteroatoms. The van der Waals surface area contributed by atoms with Gasteiger partial charge >= 0.3 is 6.03 Å². The molecule has 0 aliphatic carbocycles. The molecule has 190 valence electrons. The Hall–Kier alpha value is -3.99. The highest BCUT2D eigenvalue weighted by Gasteiger charge is 2.63. The van der Waals surface area contributed by atoms with E-state index in [9.17, 15) is 29.9 Å². The average Bonchev–Trinajstić information content (AvgIpc) is 2.89. The summed E-state index contributed by atoms with van der Waals surface area (Å²) >= 11 is 0. The first-order valence-corrected chi connectivity index (χ1v) is 11.3. The number of hydroxylamine groups is 2. The number of carbonyl (C=O) groups is 3. The molecule has 4 amide bonds. The Balaban J connectivity index is 2.27. The molecule has 0 saturated heterocycles. The summed E-state index contributed by atoms with van der Waals surface area (Å²) in [5.74, 6) is -3.32. The molecule has 1 atom stereocenters. The van der Waals surface area contributed by atoms with Gasteiger partial charge in [-0.1, -0.05) is 80.6 Å². The third-order valence-electron chi connectivity index (χ3n) is 6.47. The number of rotatable bonds is 8. The van der Waals surface area contributed by atoms with Gasteiger partial charge in [-0.05, 0) is 40.3 Å². The van der Waals surface area contributed by atoms with Crippen LogP contribution in [0.4, 0.5) is 4.79 Å². The van der Waals surface area contributed by atoms with Crippen molar-refractivity contribution in [2.75, 3.05) is 6.54 Å². The number of carbonyl (C=O) groups excluding carboxylic acids is 3. The number of hydrogen-bond acceptors (Lipinski definition) is 6. The summed E-state index contributed by atoms with van der Waals surface area (Å²) in [6, 6.07) is 19.2. The lowest BCUT2D eigenvalue weighted by Crippen LogP contribution is -2.73. The van der Waals surface area contributed by atoms with Gasteiger partial charge in [0.2, 0.25) is 0 Å². The maximum absolute atomic E-state index is 12.7. The Kier molecular flexibility index (Phi) is 7.63. The van der Waals surface area contributed by atoms with Crippen molar-refractivity contribution < 1.29 is 29.9 Å². The fraction of sp³-hybridized carbons (Fsp3) is 0.269. The van der Waals surface area contributed by atoms with Gasteiger partial charge in [0.1, 0.15) is 5.54 Å². The largest absolute Gasteiger partial charge is 0.369 e. The predicted octanol–water partition coefficient (Wildman–Crippen LogP) is 2.50. The number of nitrogens with one attached hydrogen (secondary N) is 2. The van der Waals surface area contributed by atoms with Crippen LogP contribution in [0.2, 0.25) is 0 Å². The second-order valence-electron chi connectivity index (χ2n) is 9.11. The number of aliphatic hydroxyl groups is 1. The zero-order valence-corrected chi connectivity index (χ0v) is 20.2. The van der Waals surface area contributed by atoms with Gasteiger partial charge in [0.25, 0.3) is 17.4 Å². The molecule has 3 aromatic carbocycles. The zero-order chi connectivity index (χ0) is 26.7. The van der Waals surface area contributed by atoms with Crippen LogP contribution < -0.4 is 16.7 Å². The second-order valence-corrected chi connectivity index (χ2v) is 9.11. The Morgan fingerprint density at radius 1 is 0.917 bits per heavy atom. The van der Waals surface area contributed by atoms with Crippen LogP contribution in [0.5, 0.6) is 0 Å². The Morgan fingerprint density at radius 2 is 1.47 bits per heavy atom. The molecule has 0 fully saturated rings. The molecular formula is C26H30N4O6. The molecular weight excluding hydrogens is 464 g/mol. The summed E-state index contributed by atoms with van der Waals surface area (Å²) in [4.78, 5) is 39.1. The normalized spacial score (nSPS) is 13.2. The van der Waals surface area contributed by atoms with E-state index in [0.717, 1.165) is 26.8 Å². The van der Waals surface area contributed by atoms with Gasteiger partial charge in [-0.25, -0.2) is 15.8 Å². The average molecular weight is 495 g/mol. The van der Waals surface area contributed by atoms with Crippen LogP contribution in [0.15, 0.2) is 66.7 Å². The summed E-state index contributed by atoms with van der Waals surface area (Å²) in [6.07, 6.45) is 0. The van der Waals surface area contributed by atoms with Crippen LogP contribution >= 0.6 is 0 Å². The maximum atomic E-state index is 12.7. The molecule has 0 radical (unpaired) electrons. The smallest absolute Gasteiger partial charge is 0.315 e. The van der Waals surface area contributed by atoms with E-state index in [1.165, 1.54) is 17.9 Å². The van der Waals surface area contributed by atoms with E-state index in [2.05, 4.69) is 0 Å². The van der Waals surface area contributed by atoms with E-state index in [1.54, 1.807) is 38.1 Å². The number of urea groups is 1. The molecule has 1 unspecified atom stereocenters. The first-order chi connectivity index (χ1) is 17.0. The van der Waals surface area contributed by atoms with Crippen LogP contribution in [-0.2, 0) is 15.1 Å². The third-order valence-corrected chi connectivity index (χ3v) is 6.47. The zero-order valence-electron chi connectivity index (χ0n) is 20.2. The summed E-state index contributed by atoms with van der Waals surface area (Å²) in [7, 11) is 0. The lowest BCUT2D eigenvalue weighted by molar-refractivity contribution is -0.181. The molecule has 0 bridgehead atoms. The minimum atomic E-state index is -3.18. The molecule has 0 aromatic heterocycles. The number of benzene rings is 3. The van der Waals surface area contributed by atoms with Gasteiger partial charge in [-0.15, -0.1) is 0 Å². The minimum Gasteiger partial charge on any atom is -0.369 e. The number of primary amides is 1. The lowest BCUT2D eigenvalue weighted by Gasteiger charge is -2.48. The van der Waals surface area contributed by atoms with E-state index in [0.29, 0.717) is 0 Å². The Bertz CT molecular complexity index is 1260. The minimum absolute atomic E-state index is 0.0589. The van der Waals surface area contributed by atoms with Gasteiger partial charge in [0.15, 0.2) is 0 Å². The number of nitrogens with two attached hydrogens (primary N) is 1. The third kappa shape index (κ3) is 4.37. The molecule has 3 aromatic rings. The number of fused-ring (bicyclic) bond motifs is 1. The highest BCUT2D eigenvalue weighted by molar-refractivity contribution is 6.09. The maximum Gasteiger partial charge on any atom is 0.315 e. The lowest BCUT2D eigenvalue weighted by atomic mass is 9.72. The highest BCUT2D eigenvalue weighted by Crippen LogP contribution is 2.41. The number of amides is 4. The standard InChI is InChI=1S/C26H30N4O6/c1-16(2)15-30(24(27)33)25(3,26(34,22(31)28-35)23(32)29-36)19-13-11-18(12-14-19)21-10-6-8-17-7-4-5-9-20(17)21/h4-14,16,34-36H,15H2,1-3H3,(H2,27,33)(H,28,31)(H,29,32).